The lowest BCUT2D eigenvalue weighted by Gasteiger charge is -2.29. The summed E-state index contributed by atoms with van der Waals surface area (Å²) in [7, 11) is 0. The Morgan fingerprint density at radius 1 is 1.14 bits per heavy atom. The normalized spacial score (nSPS) is 11.7. The molecule has 0 saturated carbocycles. The van der Waals surface area contributed by atoms with Gasteiger partial charge in [0.05, 0.1) is 6.61 Å². The van der Waals surface area contributed by atoms with Crippen molar-refractivity contribution in [3.63, 3.8) is 0 Å². The van der Waals surface area contributed by atoms with Crippen LogP contribution in [0.1, 0.15) is 58.8 Å². The molecular formula is C18H39N7O3. The molecule has 0 aromatic carbocycles. The number of carbonyl (C=O) groups is 2. The van der Waals surface area contributed by atoms with E-state index in [-0.39, 0.29) is 17.9 Å². The van der Waals surface area contributed by atoms with Crippen LogP contribution in [0.3, 0.4) is 0 Å². The molecule has 2 amide bonds. The third-order valence-electron chi connectivity index (χ3n) is 4.01. The van der Waals surface area contributed by atoms with Crippen LogP contribution >= 0.6 is 0 Å². The summed E-state index contributed by atoms with van der Waals surface area (Å²) in [6.45, 7) is 6.56. The largest absolute Gasteiger partial charge is 0.370 e. The van der Waals surface area contributed by atoms with E-state index in [4.69, 9.17) is 22.0 Å². The zero-order valence-electron chi connectivity index (χ0n) is 17.4. The molecule has 0 aliphatic carbocycles. The quantitative estimate of drug-likeness (QED) is 0.0834. The number of hydrogen-bond donors (Lipinski definition) is 4. The molecule has 0 saturated heterocycles. The molecule has 10 heteroatoms. The van der Waals surface area contributed by atoms with Gasteiger partial charge in [0, 0.05) is 26.1 Å². The van der Waals surface area contributed by atoms with Crippen LogP contribution in [0.5, 0.6) is 0 Å². The van der Waals surface area contributed by atoms with Crippen molar-refractivity contribution in [1.29, 1.82) is 0 Å². The topological polar surface area (TPSA) is 152 Å². The predicted octanol–water partition coefficient (Wildman–Crippen LogP) is 0.0808. The van der Waals surface area contributed by atoms with Crippen LogP contribution in [0.2, 0.25) is 0 Å². The summed E-state index contributed by atoms with van der Waals surface area (Å²) in [6.07, 6.45) is 6.67. The summed E-state index contributed by atoms with van der Waals surface area (Å²) in [5, 5.41) is 5.64. The molecule has 7 N–H and O–H groups in total. The van der Waals surface area contributed by atoms with E-state index in [0.29, 0.717) is 26.1 Å². The molecule has 0 bridgehead atoms. The van der Waals surface area contributed by atoms with Crippen molar-refractivity contribution in [3.05, 3.63) is 0 Å². The van der Waals surface area contributed by atoms with Gasteiger partial charge >= 0.3 is 0 Å². The average Bonchev–Trinajstić information content (AvgIpc) is 2.63. The van der Waals surface area contributed by atoms with E-state index < -0.39 is 0 Å². The Hall–Kier alpha value is -1.91. The zero-order valence-corrected chi connectivity index (χ0v) is 17.4. The van der Waals surface area contributed by atoms with E-state index >= 15 is 0 Å². The Morgan fingerprint density at radius 2 is 1.86 bits per heavy atom. The average molecular weight is 402 g/mol. The van der Waals surface area contributed by atoms with Crippen molar-refractivity contribution in [2.45, 2.75) is 64.8 Å². The van der Waals surface area contributed by atoms with Crippen LogP contribution in [0.15, 0.2) is 4.99 Å². The molecule has 0 heterocycles. The van der Waals surface area contributed by atoms with Gasteiger partial charge in [-0.3, -0.25) is 19.4 Å². The summed E-state index contributed by atoms with van der Waals surface area (Å²) in [5.74, 6) is -0.132. The van der Waals surface area contributed by atoms with E-state index in [1.54, 1.807) is 0 Å². The van der Waals surface area contributed by atoms with Crippen LogP contribution in [0, 0.1) is 0 Å². The summed E-state index contributed by atoms with van der Waals surface area (Å²) >= 11 is 0. The fraction of sp³-hybridized carbons (Fsp3) is 0.833. The van der Waals surface area contributed by atoms with Gasteiger partial charge in [0.25, 0.3) is 6.41 Å². The highest BCUT2D eigenvalue weighted by Gasteiger charge is 2.17. The molecule has 0 radical (unpaired) electrons. The van der Waals surface area contributed by atoms with Crippen molar-refractivity contribution < 1.29 is 14.4 Å². The Bertz CT molecular complexity index is 443. The third-order valence-corrected chi connectivity index (χ3v) is 4.01. The monoisotopic (exact) mass is 401 g/mol. The number of unbranched alkanes of at least 4 members (excludes halogenated alkanes) is 4. The molecule has 0 fully saturated rings. The lowest BCUT2D eigenvalue weighted by atomic mass is 10.2. The van der Waals surface area contributed by atoms with Crippen molar-refractivity contribution in [2.75, 3.05) is 32.8 Å². The van der Waals surface area contributed by atoms with E-state index in [2.05, 4.69) is 10.3 Å². The molecule has 1 atom stereocenters. The fourth-order valence-corrected chi connectivity index (χ4v) is 2.45. The number of hydrazine groups is 1. The third kappa shape index (κ3) is 15.2. The molecule has 0 aromatic rings. The SMILES string of the molecule is CC(=O)N(CCCCCCN=C(N)N)N(C=O)OCCCCNCC[C@@H](C)N. The zero-order chi connectivity index (χ0) is 21.2. The van der Waals surface area contributed by atoms with Crippen molar-refractivity contribution in [3.8, 4) is 0 Å². The molecule has 28 heavy (non-hydrogen) atoms. The first-order valence-corrected chi connectivity index (χ1v) is 10.1. The van der Waals surface area contributed by atoms with Crippen LogP contribution < -0.4 is 22.5 Å². The second-order valence-electron chi connectivity index (χ2n) is 6.83. The number of hydrogen-bond acceptors (Lipinski definition) is 6. The number of hydroxylamine groups is 1. The molecule has 164 valence electrons. The van der Waals surface area contributed by atoms with Gasteiger partial charge in [0.15, 0.2) is 5.96 Å². The maximum atomic E-state index is 11.8. The van der Waals surface area contributed by atoms with E-state index in [9.17, 15) is 9.59 Å². The summed E-state index contributed by atoms with van der Waals surface area (Å²) in [5.41, 5.74) is 16.2. The summed E-state index contributed by atoms with van der Waals surface area (Å²) in [4.78, 5) is 32.5. The first kappa shape index (κ1) is 26.1. The summed E-state index contributed by atoms with van der Waals surface area (Å²) < 4.78 is 0. The number of nitrogens with one attached hydrogen (secondary N) is 1. The Balaban J connectivity index is 3.97. The number of amides is 2. The maximum Gasteiger partial charge on any atom is 0.254 e. The lowest BCUT2D eigenvalue weighted by molar-refractivity contribution is -0.252. The van der Waals surface area contributed by atoms with Gasteiger partial charge in [0.2, 0.25) is 5.91 Å². The minimum absolute atomic E-state index is 0.0995. The first-order valence-electron chi connectivity index (χ1n) is 10.1. The highest BCUT2D eigenvalue weighted by molar-refractivity contribution is 5.75. The molecule has 0 rings (SSSR count). The number of carbonyl (C=O) groups excluding carboxylic acids is 2. The predicted molar refractivity (Wildman–Crippen MR) is 111 cm³/mol. The highest BCUT2D eigenvalue weighted by Crippen LogP contribution is 2.06. The minimum atomic E-state index is -0.231. The first-order chi connectivity index (χ1) is 13.4. The van der Waals surface area contributed by atoms with Crippen molar-refractivity contribution in [2.24, 2.45) is 22.2 Å². The molecule has 0 unspecified atom stereocenters. The van der Waals surface area contributed by atoms with Crippen LogP contribution in [-0.4, -0.2) is 67.3 Å². The van der Waals surface area contributed by atoms with E-state index in [1.165, 1.54) is 11.9 Å². The second kappa shape index (κ2) is 17.2. The number of guanidine groups is 1. The molecule has 0 aromatic heterocycles. The number of rotatable bonds is 18. The smallest absolute Gasteiger partial charge is 0.254 e. The summed E-state index contributed by atoms with van der Waals surface area (Å²) in [6, 6.07) is 0.202. The van der Waals surface area contributed by atoms with Gasteiger partial charge in [-0.25, -0.2) is 5.01 Å². The Labute approximate surface area is 168 Å². The van der Waals surface area contributed by atoms with Gasteiger partial charge in [-0.05, 0) is 52.1 Å². The minimum Gasteiger partial charge on any atom is -0.370 e. The van der Waals surface area contributed by atoms with E-state index in [0.717, 1.165) is 63.2 Å². The highest BCUT2D eigenvalue weighted by atomic mass is 16.7. The number of aliphatic imine (C=N–C) groups is 1. The Kier molecular flexibility index (Phi) is 16.0. The van der Waals surface area contributed by atoms with Gasteiger partial charge in [-0.1, -0.05) is 12.8 Å². The molecule has 0 aliphatic rings. The van der Waals surface area contributed by atoms with Crippen LogP contribution in [-0.2, 0) is 14.4 Å². The molecule has 0 aliphatic heterocycles. The molecular weight excluding hydrogens is 362 g/mol. The number of nitrogens with two attached hydrogens (primary N) is 3. The fourth-order valence-electron chi connectivity index (χ4n) is 2.45. The van der Waals surface area contributed by atoms with Crippen molar-refractivity contribution >= 4 is 18.3 Å². The van der Waals surface area contributed by atoms with Gasteiger partial charge in [-0.15, -0.1) is 5.17 Å². The molecule has 0 spiro atoms. The van der Waals surface area contributed by atoms with Crippen molar-refractivity contribution in [1.82, 2.24) is 15.5 Å². The van der Waals surface area contributed by atoms with Gasteiger partial charge in [0.1, 0.15) is 0 Å². The van der Waals surface area contributed by atoms with Gasteiger partial charge in [-0.2, -0.15) is 0 Å². The second-order valence-corrected chi connectivity index (χ2v) is 6.83. The van der Waals surface area contributed by atoms with Gasteiger partial charge < -0.3 is 22.5 Å². The maximum absolute atomic E-state index is 11.8. The molecule has 10 nitrogen and oxygen atoms in total. The standard InChI is InChI=1S/C18H39N7O3/c1-16(19)9-12-22-10-6-8-14-28-25(15-26)24(17(2)27)13-7-4-3-5-11-23-18(20)21/h15-16,22H,3-14,19H2,1-2H3,(H4,20,21,23)/t16-/m1/s1. The lowest BCUT2D eigenvalue weighted by Crippen LogP contribution is -2.45. The van der Waals surface area contributed by atoms with Crippen LogP contribution in [0.4, 0.5) is 0 Å². The van der Waals surface area contributed by atoms with Crippen LogP contribution in [0.25, 0.3) is 0 Å². The van der Waals surface area contributed by atoms with E-state index in [1.807, 2.05) is 6.92 Å². The number of nitrogens with zero attached hydrogens (tertiary/aromatic N) is 3. The Morgan fingerprint density at radius 3 is 2.46 bits per heavy atom.